The summed E-state index contributed by atoms with van der Waals surface area (Å²) >= 11 is 3.60. The van der Waals surface area contributed by atoms with Gasteiger partial charge in [0.1, 0.15) is 0 Å². The fourth-order valence-electron chi connectivity index (χ4n) is 1.77. The van der Waals surface area contributed by atoms with Crippen LogP contribution in [0.4, 0.5) is 5.13 Å². The van der Waals surface area contributed by atoms with Crippen molar-refractivity contribution in [1.29, 1.82) is 0 Å². The molecule has 1 saturated heterocycles. The van der Waals surface area contributed by atoms with Crippen LogP contribution in [-0.2, 0) is 16.0 Å². The van der Waals surface area contributed by atoms with Gasteiger partial charge in [0.25, 0.3) is 0 Å². The number of hydrogen-bond acceptors (Lipinski definition) is 6. The minimum atomic E-state index is -0.146. The first-order chi connectivity index (χ1) is 8.78. The molecule has 0 aliphatic carbocycles. The molecule has 0 bridgehead atoms. The van der Waals surface area contributed by atoms with E-state index in [4.69, 9.17) is 4.74 Å². The summed E-state index contributed by atoms with van der Waals surface area (Å²) in [4.78, 5) is 15.7. The average Bonchev–Trinajstić information content (AvgIpc) is 2.99. The molecule has 6 heteroatoms. The molecule has 1 N–H and O–H groups in total. The number of rotatable bonds is 6. The minimum absolute atomic E-state index is 0.146. The van der Waals surface area contributed by atoms with E-state index in [9.17, 15) is 4.79 Å². The summed E-state index contributed by atoms with van der Waals surface area (Å²) < 4.78 is 4.90. The third-order valence-corrected chi connectivity index (χ3v) is 4.68. The summed E-state index contributed by atoms with van der Waals surface area (Å²) in [5.74, 6) is 2.25. The van der Waals surface area contributed by atoms with E-state index in [-0.39, 0.29) is 5.97 Å². The molecule has 1 aromatic heterocycles. The van der Waals surface area contributed by atoms with E-state index in [0.29, 0.717) is 25.5 Å². The zero-order valence-electron chi connectivity index (χ0n) is 10.5. The first-order valence-corrected chi connectivity index (χ1v) is 8.25. The van der Waals surface area contributed by atoms with Crippen LogP contribution in [0.25, 0.3) is 0 Å². The number of thioether (sulfide) groups is 1. The third-order valence-electron chi connectivity index (χ3n) is 2.70. The Labute approximate surface area is 116 Å². The summed E-state index contributed by atoms with van der Waals surface area (Å²) in [5.41, 5.74) is 0.973. The number of nitrogens with one attached hydrogen (secondary N) is 1. The van der Waals surface area contributed by atoms with Gasteiger partial charge in [-0.3, -0.25) is 4.79 Å². The molecular weight excluding hydrogens is 268 g/mol. The predicted octanol–water partition coefficient (Wildman–Crippen LogP) is 2.56. The van der Waals surface area contributed by atoms with Crippen LogP contribution in [0.3, 0.4) is 0 Å². The molecule has 2 rings (SSSR count). The average molecular weight is 286 g/mol. The number of hydrogen-bond donors (Lipinski definition) is 1. The van der Waals surface area contributed by atoms with Gasteiger partial charge in [0.05, 0.1) is 18.7 Å². The fourth-order valence-corrected chi connectivity index (χ4v) is 3.75. The highest BCUT2D eigenvalue weighted by atomic mass is 32.2. The molecule has 100 valence electrons. The van der Waals surface area contributed by atoms with E-state index in [1.807, 2.05) is 24.1 Å². The van der Waals surface area contributed by atoms with Crippen molar-refractivity contribution in [1.82, 2.24) is 4.98 Å². The second-order valence-electron chi connectivity index (χ2n) is 4.15. The molecule has 2 heterocycles. The molecule has 0 amide bonds. The molecule has 0 aromatic carbocycles. The van der Waals surface area contributed by atoms with Gasteiger partial charge in [-0.15, -0.1) is 11.3 Å². The summed E-state index contributed by atoms with van der Waals surface area (Å²) in [6.07, 6.45) is 2.29. The third kappa shape index (κ3) is 4.17. The summed E-state index contributed by atoms with van der Waals surface area (Å²) in [6.45, 7) is 2.27. The maximum atomic E-state index is 11.2. The molecule has 0 spiro atoms. The molecule has 4 nitrogen and oxygen atoms in total. The number of nitrogens with zero attached hydrogens (tertiary/aromatic N) is 1. The van der Waals surface area contributed by atoms with Crippen LogP contribution in [0, 0.1) is 0 Å². The minimum Gasteiger partial charge on any atom is -0.466 e. The molecular formula is C12H18N2O2S2. The zero-order chi connectivity index (χ0) is 12.8. The van der Waals surface area contributed by atoms with Crippen molar-refractivity contribution in [2.45, 2.75) is 32.2 Å². The number of thiazole rings is 1. The Kier molecular flexibility index (Phi) is 5.31. The lowest BCUT2D eigenvalue weighted by Gasteiger charge is -2.08. The number of ether oxygens (including phenoxy) is 1. The number of carbonyl (C=O) groups is 1. The van der Waals surface area contributed by atoms with Crippen LogP contribution in [0.5, 0.6) is 0 Å². The number of carbonyl (C=O) groups excluding carboxylic acids is 1. The SMILES string of the molecule is CCOC(=O)CCc1csc(NC2CCSC2)n1. The smallest absolute Gasteiger partial charge is 0.306 e. The Morgan fingerprint density at radius 2 is 2.56 bits per heavy atom. The topological polar surface area (TPSA) is 51.2 Å². The van der Waals surface area contributed by atoms with Crippen molar-refractivity contribution in [3.63, 3.8) is 0 Å². The van der Waals surface area contributed by atoms with E-state index in [0.717, 1.165) is 16.6 Å². The van der Waals surface area contributed by atoms with E-state index in [1.54, 1.807) is 11.3 Å². The number of anilines is 1. The van der Waals surface area contributed by atoms with Gasteiger partial charge in [-0.2, -0.15) is 11.8 Å². The monoisotopic (exact) mass is 286 g/mol. The highest BCUT2D eigenvalue weighted by Crippen LogP contribution is 2.23. The first kappa shape index (κ1) is 13.7. The molecule has 1 aromatic rings. The normalized spacial score (nSPS) is 18.8. The van der Waals surface area contributed by atoms with Crippen molar-refractivity contribution >= 4 is 34.2 Å². The molecule has 0 saturated carbocycles. The molecule has 18 heavy (non-hydrogen) atoms. The Balaban J connectivity index is 1.76. The summed E-state index contributed by atoms with van der Waals surface area (Å²) in [7, 11) is 0. The van der Waals surface area contributed by atoms with Crippen LogP contribution in [0.1, 0.15) is 25.5 Å². The van der Waals surface area contributed by atoms with Gasteiger partial charge in [0.2, 0.25) is 0 Å². The van der Waals surface area contributed by atoms with E-state index in [2.05, 4.69) is 10.3 Å². The van der Waals surface area contributed by atoms with Gasteiger partial charge < -0.3 is 10.1 Å². The largest absolute Gasteiger partial charge is 0.466 e. The van der Waals surface area contributed by atoms with Gasteiger partial charge in [-0.25, -0.2) is 4.98 Å². The van der Waals surface area contributed by atoms with Crippen LogP contribution in [0.2, 0.25) is 0 Å². The lowest BCUT2D eigenvalue weighted by atomic mass is 10.2. The van der Waals surface area contributed by atoms with Crippen LogP contribution in [0.15, 0.2) is 5.38 Å². The standard InChI is InChI=1S/C12H18N2O2S2/c1-2-16-11(15)4-3-9-8-18-12(13-9)14-10-5-6-17-7-10/h8,10H,2-7H2,1H3,(H,13,14). The van der Waals surface area contributed by atoms with Crippen molar-refractivity contribution in [2.75, 3.05) is 23.4 Å². The lowest BCUT2D eigenvalue weighted by molar-refractivity contribution is -0.143. The van der Waals surface area contributed by atoms with Crippen molar-refractivity contribution in [2.24, 2.45) is 0 Å². The maximum absolute atomic E-state index is 11.2. The van der Waals surface area contributed by atoms with Crippen molar-refractivity contribution < 1.29 is 9.53 Å². The molecule has 1 unspecified atom stereocenters. The summed E-state index contributed by atoms with van der Waals surface area (Å²) in [6, 6.07) is 0.555. The second kappa shape index (κ2) is 6.99. The first-order valence-electron chi connectivity index (χ1n) is 6.22. The zero-order valence-corrected chi connectivity index (χ0v) is 12.1. The highest BCUT2D eigenvalue weighted by Gasteiger charge is 2.16. The molecule has 1 fully saturated rings. The molecule has 1 atom stereocenters. The van der Waals surface area contributed by atoms with Crippen molar-refractivity contribution in [3.05, 3.63) is 11.1 Å². The lowest BCUT2D eigenvalue weighted by Crippen LogP contribution is -2.17. The Morgan fingerprint density at radius 3 is 3.28 bits per heavy atom. The Morgan fingerprint density at radius 1 is 1.67 bits per heavy atom. The Hall–Kier alpha value is -0.750. The van der Waals surface area contributed by atoms with E-state index >= 15 is 0 Å². The van der Waals surface area contributed by atoms with E-state index < -0.39 is 0 Å². The maximum Gasteiger partial charge on any atom is 0.306 e. The van der Waals surface area contributed by atoms with Crippen LogP contribution in [-0.4, -0.2) is 35.1 Å². The molecule has 1 aliphatic heterocycles. The van der Waals surface area contributed by atoms with Gasteiger partial charge in [-0.1, -0.05) is 0 Å². The number of aryl methyl sites for hydroxylation is 1. The van der Waals surface area contributed by atoms with Crippen LogP contribution < -0.4 is 5.32 Å². The predicted molar refractivity (Wildman–Crippen MR) is 76.4 cm³/mol. The van der Waals surface area contributed by atoms with Crippen LogP contribution >= 0.6 is 23.1 Å². The quantitative estimate of drug-likeness (QED) is 0.815. The van der Waals surface area contributed by atoms with Gasteiger partial charge >= 0.3 is 5.97 Å². The number of esters is 1. The number of aromatic nitrogens is 1. The fraction of sp³-hybridized carbons (Fsp3) is 0.667. The highest BCUT2D eigenvalue weighted by molar-refractivity contribution is 7.99. The Bertz CT molecular complexity index is 389. The van der Waals surface area contributed by atoms with Gasteiger partial charge in [-0.05, 0) is 19.1 Å². The van der Waals surface area contributed by atoms with Gasteiger partial charge in [0, 0.05) is 23.6 Å². The van der Waals surface area contributed by atoms with Gasteiger partial charge in [0.15, 0.2) is 5.13 Å². The summed E-state index contributed by atoms with van der Waals surface area (Å²) in [5, 5.41) is 6.44. The molecule has 0 radical (unpaired) electrons. The van der Waals surface area contributed by atoms with Crippen molar-refractivity contribution in [3.8, 4) is 0 Å². The second-order valence-corrected chi connectivity index (χ2v) is 6.16. The molecule has 1 aliphatic rings. The van der Waals surface area contributed by atoms with E-state index in [1.165, 1.54) is 12.2 Å².